The van der Waals surface area contributed by atoms with E-state index in [4.69, 9.17) is 0 Å². The molecule has 2 aliphatic rings. The highest BCUT2D eigenvalue weighted by Gasteiger charge is 2.35. The van der Waals surface area contributed by atoms with Gasteiger partial charge < -0.3 is 10.6 Å². The van der Waals surface area contributed by atoms with E-state index < -0.39 is 0 Å². The monoisotopic (exact) mass is 306 g/mol. The Morgan fingerprint density at radius 2 is 1.70 bits per heavy atom. The maximum Gasteiger partial charge on any atom is 0.217 e. The SMILES string of the molecule is CC(=O)NC1c2ccccc2CC1NC1CCc2ccccc21. The Bertz CT molecular complexity index is 740. The third kappa shape index (κ3) is 2.66. The summed E-state index contributed by atoms with van der Waals surface area (Å²) in [6, 6.07) is 17.9. The smallest absolute Gasteiger partial charge is 0.217 e. The molecule has 23 heavy (non-hydrogen) atoms. The minimum atomic E-state index is 0.0327. The van der Waals surface area contributed by atoms with Crippen LogP contribution in [0.2, 0.25) is 0 Å². The number of carbonyl (C=O) groups is 1. The summed E-state index contributed by atoms with van der Waals surface area (Å²) in [4.78, 5) is 11.7. The zero-order valence-corrected chi connectivity index (χ0v) is 13.4. The lowest BCUT2D eigenvalue weighted by Crippen LogP contribution is -2.42. The molecule has 4 rings (SSSR count). The fourth-order valence-electron chi connectivity index (χ4n) is 4.14. The van der Waals surface area contributed by atoms with Gasteiger partial charge in [0.15, 0.2) is 0 Å². The third-order valence-corrected chi connectivity index (χ3v) is 5.14. The Balaban J connectivity index is 1.58. The van der Waals surface area contributed by atoms with Crippen molar-refractivity contribution < 1.29 is 4.79 Å². The van der Waals surface area contributed by atoms with Gasteiger partial charge in [-0.3, -0.25) is 4.79 Å². The quantitative estimate of drug-likeness (QED) is 0.915. The van der Waals surface area contributed by atoms with Gasteiger partial charge in [-0.25, -0.2) is 0 Å². The molecule has 0 fully saturated rings. The van der Waals surface area contributed by atoms with E-state index in [9.17, 15) is 4.79 Å². The molecule has 2 aliphatic carbocycles. The largest absolute Gasteiger partial charge is 0.348 e. The van der Waals surface area contributed by atoms with E-state index in [1.165, 1.54) is 22.3 Å². The number of nitrogens with one attached hydrogen (secondary N) is 2. The molecule has 2 aromatic rings. The predicted octanol–water partition coefficient (Wildman–Crippen LogP) is 3.07. The predicted molar refractivity (Wildman–Crippen MR) is 91.1 cm³/mol. The molecule has 0 aliphatic heterocycles. The molecule has 0 radical (unpaired) electrons. The molecule has 3 nitrogen and oxygen atoms in total. The van der Waals surface area contributed by atoms with Gasteiger partial charge >= 0.3 is 0 Å². The minimum absolute atomic E-state index is 0.0327. The Labute approximate surface area is 137 Å². The van der Waals surface area contributed by atoms with Gasteiger partial charge in [-0.15, -0.1) is 0 Å². The van der Waals surface area contributed by atoms with Crippen molar-refractivity contribution in [2.24, 2.45) is 0 Å². The van der Waals surface area contributed by atoms with Crippen molar-refractivity contribution in [3.63, 3.8) is 0 Å². The first-order chi connectivity index (χ1) is 11.2. The van der Waals surface area contributed by atoms with Crippen LogP contribution in [0.4, 0.5) is 0 Å². The van der Waals surface area contributed by atoms with E-state index in [1.807, 2.05) is 0 Å². The van der Waals surface area contributed by atoms with Crippen LogP contribution in [0, 0.1) is 0 Å². The van der Waals surface area contributed by atoms with Crippen LogP contribution < -0.4 is 10.6 Å². The Kier molecular flexibility index (Phi) is 3.66. The van der Waals surface area contributed by atoms with Crippen LogP contribution in [0.25, 0.3) is 0 Å². The Morgan fingerprint density at radius 1 is 1.00 bits per heavy atom. The Morgan fingerprint density at radius 3 is 2.48 bits per heavy atom. The summed E-state index contributed by atoms with van der Waals surface area (Å²) < 4.78 is 0. The molecule has 3 atom stereocenters. The molecule has 2 aromatic carbocycles. The molecule has 0 spiro atoms. The first-order valence-electron chi connectivity index (χ1n) is 8.41. The zero-order valence-electron chi connectivity index (χ0n) is 13.4. The van der Waals surface area contributed by atoms with Gasteiger partial charge in [-0.2, -0.15) is 0 Å². The first-order valence-corrected chi connectivity index (χ1v) is 8.41. The highest BCUT2D eigenvalue weighted by atomic mass is 16.1. The summed E-state index contributed by atoms with van der Waals surface area (Å²) in [6.45, 7) is 1.60. The molecule has 0 saturated carbocycles. The third-order valence-electron chi connectivity index (χ3n) is 5.14. The lowest BCUT2D eigenvalue weighted by atomic mass is 10.0. The van der Waals surface area contributed by atoms with Crippen molar-refractivity contribution >= 4 is 5.91 Å². The van der Waals surface area contributed by atoms with Gasteiger partial charge in [0.05, 0.1) is 6.04 Å². The average molecular weight is 306 g/mol. The van der Waals surface area contributed by atoms with Gasteiger partial charge in [-0.05, 0) is 41.5 Å². The molecule has 0 aromatic heterocycles. The van der Waals surface area contributed by atoms with Gasteiger partial charge in [0, 0.05) is 19.0 Å². The van der Waals surface area contributed by atoms with Crippen LogP contribution in [0.15, 0.2) is 48.5 Å². The van der Waals surface area contributed by atoms with Gasteiger partial charge in [0.25, 0.3) is 0 Å². The molecular formula is C20H22N2O. The lowest BCUT2D eigenvalue weighted by molar-refractivity contribution is -0.119. The van der Waals surface area contributed by atoms with Gasteiger partial charge in [-0.1, -0.05) is 48.5 Å². The molecule has 0 saturated heterocycles. The fourth-order valence-corrected chi connectivity index (χ4v) is 4.14. The van der Waals surface area contributed by atoms with Crippen LogP contribution >= 0.6 is 0 Å². The number of amides is 1. The summed E-state index contributed by atoms with van der Waals surface area (Å²) in [5.74, 6) is 0.0327. The molecular weight excluding hydrogens is 284 g/mol. The highest BCUT2D eigenvalue weighted by molar-refractivity contribution is 5.74. The molecule has 118 valence electrons. The standard InChI is InChI=1S/C20H22N2O/c1-13(23)21-20-17-9-5-3-7-15(17)12-19(20)22-18-11-10-14-6-2-4-8-16(14)18/h2-9,18-20,22H,10-12H2,1H3,(H,21,23). The fraction of sp³-hybridized carbons (Fsp3) is 0.350. The topological polar surface area (TPSA) is 41.1 Å². The summed E-state index contributed by atoms with van der Waals surface area (Å²) in [5.41, 5.74) is 5.48. The Hall–Kier alpha value is -2.13. The second-order valence-electron chi connectivity index (χ2n) is 6.64. The number of hydrogen-bond donors (Lipinski definition) is 2. The first kappa shape index (κ1) is 14.5. The van der Waals surface area contributed by atoms with E-state index in [0.717, 1.165) is 19.3 Å². The lowest BCUT2D eigenvalue weighted by Gasteiger charge is -2.26. The van der Waals surface area contributed by atoms with Crippen molar-refractivity contribution in [2.45, 2.75) is 44.3 Å². The number of hydrogen-bond acceptors (Lipinski definition) is 2. The van der Waals surface area contributed by atoms with Crippen molar-refractivity contribution in [3.05, 3.63) is 70.8 Å². The van der Waals surface area contributed by atoms with Gasteiger partial charge in [0.1, 0.15) is 0 Å². The molecule has 3 unspecified atom stereocenters. The maximum absolute atomic E-state index is 11.7. The normalized spacial score (nSPS) is 25.0. The second-order valence-corrected chi connectivity index (χ2v) is 6.64. The number of benzene rings is 2. The van der Waals surface area contributed by atoms with Gasteiger partial charge in [0.2, 0.25) is 5.91 Å². The van der Waals surface area contributed by atoms with Crippen molar-refractivity contribution in [3.8, 4) is 0 Å². The number of aryl methyl sites for hydroxylation is 1. The van der Waals surface area contributed by atoms with Crippen LogP contribution in [-0.4, -0.2) is 11.9 Å². The minimum Gasteiger partial charge on any atom is -0.348 e. The average Bonchev–Trinajstić information content (AvgIpc) is 3.10. The zero-order chi connectivity index (χ0) is 15.8. The molecule has 3 heteroatoms. The number of fused-ring (bicyclic) bond motifs is 2. The summed E-state index contributed by atoms with van der Waals surface area (Å²) in [7, 11) is 0. The molecule has 0 heterocycles. The molecule has 0 bridgehead atoms. The number of carbonyl (C=O) groups excluding carboxylic acids is 1. The summed E-state index contributed by atoms with van der Waals surface area (Å²) in [6.07, 6.45) is 3.25. The van der Waals surface area contributed by atoms with E-state index >= 15 is 0 Å². The van der Waals surface area contributed by atoms with Crippen molar-refractivity contribution in [1.29, 1.82) is 0 Å². The van der Waals surface area contributed by atoms with Crippen molar-refractivity contribution in [2.75, 3.05) is 0 Å². The number of rotatable bonds is 3. The van der Waals surface area contributed by atoms with E-state index in [0.29, 0.717) is 6.04 Å². The van der Waals surface area contributed by atoms with Crippen LogP contribution in [0.1, 0.15) is 47.7 Å². The molecule has 2 N–H and O–H groups in total. The van der Waals surface area contributed by atoms with E-state index in [2.05, 4.69) is 59.2 Å². The summed E-state index contributed by atoms with van der Waals surface area (Å²) >= 11 is 0. The summed E-state index contributed by atoms with van der Waals surface area (Å²) in [5, 5.41) is 6.97. The van der Waals surface area contributed by atoms with Crippen LogP contribution in [0.5, 0.6) is 0 Å². The van der Waals surface area contributed by atoms with Crippen LogP contribution in [-0.2, 0) is 17.6 Å². The van der Waals surface area contributed by atoms with Crippen molar-refractivity contribution in [1.82, 2.24) is 10.6 Å². The van der Waals surface area contributed by atoms with Crippen LogP contribution in [0.3, 0.4) is 0 Å². The second kappa shape index (κ2) is 5.82. The maximum atomic E-state index is 11.7. The highest BCUT2D eigenvalue weighted by Crippen LogP contribution is 2.36. The van der Waals surface area contributed by atoms with E-state index in [1.54, 1.807) is 6.92 Å². The van der Waals surface area contributed by atoms with E-state index in [-0.39, 0.29) is 18.0 Å². The molecule has 1 amide bonds.